The molecular formula is C18H18BrN3O2. The van der Waals surface area contributed by atoms with Crippen LogP contribution in [0.5, 0.6) is 0 Å². The Kier molecular flexibility index (Phi) is 5.83. The monoisotopic (exact) mass is 387 g/mol. The SMILES string of the molecule is CCc1ccc(NC(=O)C(C#N)=Cc2cc(Br)c(N(C)C)o2)cc1. The van der Waals surface area contributed by atoms with E-state index in [2.05, 4.69) is 28.2 Å². The second kappa shape index (κ2) is 7.84. The summed E-state index contributed by atoms with van der Waals surface area (Å²) in [5, 5.41) is 12.0. The van der Waals surface area contributed by atoms with Gasteiger partial charge in [-0.3, -0.25) is 4.79 Å². The molecule has 6 heteroatoms. The third-order valence-electron chi connectivity index (χ3n) is 3.37. The van der Waals surface area contributed by atoms with Gasteiger partial charge in [-0.15, -0.1) is 0 Å². The molecule has 0 aliphatic rings. The third-order valence-corrected chi connectivity index (χ3v) is 3.93. The lowest BCUT2D eigenvalue weighted by Gasteiger charge is -2.07. The van der Waals surface area contributed by atoms with Crippen LogP contribution in [0.25, 0.3) is 6.08 Å². The zero-order chi connectivity index (χ0) is 17.7. The van der Waals surface area contributed by atoms with Crippen molar-refractivity contribution in [2.45, 2.75) is 13.3 Å². The molecule has 2 aromatic rings. The Hall–Kier alpha value is -2.52. The van der Waals surface area contributed by atoms with E-state index < -0.39 is 5.91 Å². The van der Waals surface area contributed by atoms with Gasteiger partial charge in [0, 0.05) is 31.9 Å². The summed E-state index contributed by atoms with van der Waals surface area (Å²) in [6.07, 6.45) is 2.35. The van der Waals surface area contributed by atoms with Gasteiger partial charge in [-0.2, -0.15) is 5.26 Å². The van der Waals surface area contributed by atoms with Crippen LogP contribution in [0, 0.1) is 11.3 Å². The largest absolute Gasteiger partial charge is 0.440 e. The van der Waals surface area contributed by atoms with Crippen molar-refractivity contribution >= 4 is 39.5 Å². The van der Waals surface area contributed by atoms with Gasteiger partial charge in [0.1, 0.15) is 17.4 Å². The van der Waals surface area contributed by atoms with Crippen LogP contribution in [0.15, 0.2) is 44.8 Å². The van der Waals surface area contributed by atoms with Crippen LogP contribution in [-0.2, 0) is 11.2 Å². The van der Waals surface area contributed by atoms with Crippen molar-refractivity contribution in [3.63, 3.8) is 0 Å². The number of benzene rings is 1. The van der Waals surface area contributed by atoms with Crippen molar-refractivity contribution in [2.24, 2.45) is 0 Å². The van der Waals surface area contributed by atoms with Crippen molar-refractivity contribution in [3.8, 4) is 6.07 Å². The summed E-state index contributed by atoms with van der Waals surface area (Å²) >= 11 is 3.39. The first-order chi connectivity index (χ1) is 11.4. The smallest absolute Gasteiger partial charge is 0.266 e. The molecule has 0 aliphatic heterocycles. The highest BCUT2D eigenvalue weighted by atomic mass is 79.9. The molecule has 0 unspecified atom stereocenters. The second-order valence-electron chi connectivity index (χ2n) is 5.37. The molecule has 2 rings (SSSR count). The molecule has 1 N–H and O–H groups in total. The van der Waals surface area contributed by atoms with Crippen molar-refractivity contribution < 1.29 is 9.21 Å². The van der Waals surface area contributed by atoms with Crippen LogP contribution in [0.1, 0.15) is 18.2 Å². The normalized spacial score (nSPS) is 11.0. The van der Waals surface area contributed by atoms with Gasteiger partial charge in [0.25, 0.3) is 5.91 Å². The van der Waals surface area contributed by atoms with E-state index in [0.717, 1.165) is 10.9 Å². The predicted octanol–water partition coefficient (Wildman–Crippen LogP) is 4.22. The molecule has 0 bridgehead atoms. The maximum atomic E-state index is 12.3. The molecule has 1 amide bonds. The zero-order valence-corrected chi connectivity index (χ0v) is 15.3. The number of aryl methyl sites for hydroxylation is 1. The topological polar surface area (TPSA) is 69.3 Å². The fraction of sp³-hybridized carbons (Fsp3) is 0.222. The van der Waals surface area contributed by atoms with Gasteiger partial charge >= 0.3 is 0 Å². The number of nitrogens with zero attached hydrogens (tertiary/aromatic N) is 2. The zero-order valence-electron chi connectivity index (χ0n) is 13.8. The minimum atomic E-state index is -0.472. The lowest BCUT2D eigenvalue weighted by molar-refractivity contribution is -0.112. The first-order valence-electron chi connectivity index (χ1n) is 7.43. The molecule has 0 saturated carbocycles. The Labute approximate surface area is 149 Å². The molecule has 1 aromatic heterocycles. The number of nitriles is 1. The molecule has 0 aliphatic carbocycles. The van der Waals surface area contributed by atoms with Gasteiger partial charge in [0.2, 0.25) is 5.88 Å². The second-order valence-corrected chi connectivity index (χ2v) is 6.23. The first-order valence-corrected chi connectivity index (χ1v) is 8.22. The molecule has 1 heterocycles. The highest BCUT2D eigenvalue weighted by molar-refractivity contribution is 9.10. The summed E-state index contributed by atoms with van der Waals surface area (Å²) in [5.41, 5.74) is 1.80. The maximum absolute atomic E-state index is 12.3. The van der Waals surface area contributed by atoms with Gasteiger partial charge in [0.15, 0.2) is 0 Å². The highest BCUT2D eigenvalue weighted by Gasteiger charge is 2.14. The van der Waals surface area contributed by atoms with Gasteiger partial charge in [0.05, 0.1) is 4.47 Å². The van der Waals surface area contributed by atoms with Crippen LogP contribution < -0.4 is 10.2 Å². The van der Waals surface area contributed by atoms with E-state index >= 15 is 0 Å². The molecule has 0 spiro atoms. The molecular weight excluding hydrogens is 370 g/mol. The Bertz CT molecular complexity index is 799. The Balaban J connectivity index is 2.19. The number of nitrogens with one attached hydrogen (secondary N) is 1. The van der Waals surface area contributed by atoms with Crippen LogP contribution in [0.4, 0.5) is 11.6 Å². The standard InChI is InChI=1S/C18H18BrN3O2/c1-4-12-5-7-14(8-6-12)21-17(23)13(11-20)9-15-10-16(19)18(24-15)22(2)3/h5-10H,4H2,1-3H3,(H,21,23). The number of carbonyl (C=O) groups is 1. The maximum Gasteiger partial charge on any atom is 0.266 e. The summed E-state index contributed by atoms with van der Waals surface area (Å²) in [6, 6.07) is 11.2. The van der Waals surface area contributed by atoms with Crippen molar-refractivity contribution in [1.29, 1.82) is 5.26 Å². The minimum Gasteiger partial charge on any atom is -0.440 e. The molecule has 124 valence electrons. The predicted molar refractivity (Wildman–Crippen MR) is 98.8 cm³/mol. The molecule has 0 fully saturated rings. The lowest BCUT2D eigenvalue weighted by Crippen LogP contribution is -2.13. The summed E-state index contributed by atoms with van der Waals surface area (Å²) in [4.78, 5) is 14.1. The van der Waals surface area contributed by atoms with Gasteiger partial charge < -0.3 is 14.6 Å². The van der Waals surface area contributed by atoms with Crippen LogP contribution in [-0.4, -0.2) is 20.0 Å². The van der Waals surface area contributed by atoms with E-state index in [-0.39, 0.29) is 5.57 Å². The Morgan fingerprint density at radius 2 is 2.04 bits per heavy atom. The number of furan rings is 1. The van der Waals surface area contributed by atoms with Crippen molar-refractivity contribution in [2.75, 3.05) is 24.3 Å². The number of amides is 1. The molecule has 1 aromatic carbocycles. The number of rotatable bonds is 5. The minimum absolute atomic E-state index is 0.0267. The summed E-state index contributed by atoms with van der Waals surface area (Å²) < 4.78 is 6.37. The molecule has 0 atom stereocenters. The van der Waals surface area contributed by atoms with Crippen LogP contribution >= 0.6 is 15.9 Å². The average molecular weight is 388 g/mol. The number of carbonyl (C=O) groups excluding carboxylic acids is 1. The lowest BCUT2D eigenvalue weighted by atomic mass is 10.1. The van der Waals surface area contributed by atoms with E-state index in [0.29, 0.717) is 17.3 Å². The molecule has 5 nitrogen and oxygen atoms in total. The fourth-order valence-electron chi connectivity index (χ4n) is 2.07. The van der Waals surface area contributed by atoms with E-state index in [4.69, 9.17) is 4.42 Å². The first kappa shape index (κ1) is 17.8. The van der Waals surface area contributed by atoms with Gasteiger partial charge in [-0.1, -0.05) is 19.1 Å². The van der Waals surface area contributed by atoms with E-state index in [1.54, 1.807) is 11.0 Å². The van der Waals surface area contributed by atoms with E-state index in [1.165, 1.54) is 11.6 Å². The molecule has 24 heavy (non-hydrogen) atoms. The van der Waals surface area contributed by atoms with E-state index in [1.807, 2.05) is 44.4 Å². The summed E-state index contributed by atoms with van der Waals surface area (Å²) in [7, 11) is 3.68. The summed E-state index contributed by atoms with van der Waals surface area (Å²) in [5.74, 6) is 0.577. The number of anilines is 2. The Morgan fingerprint density at radius 1 is 1.38 bits per heavy atom. The van der Waals surface area contributed by atoms with Crippen molar-refractivity contribution in [1.82, 2.24) is 0 Å². The van der Waals surface area contributed by atoms with Gasteiger partial charge in [-0.25, -0.2) is 0 Å². The third kappa shape index (κ3) is 4.27. The quantitative estimate of drug-likeness (QED) is 0.615. The summed E-state index contributed by atoms with van der Waals surface area (Å²) in [6.45, 7) is 2.06. The molecule has 0 radical (unpaired) electrons. The van der Waals surface area contributed by atoms with Crippen molar-refractivity contribution in [3.05, 3.63) is 51.7 Å². The average Bonchev–Trinajstić information content (AvgIpc) is 2.94. The van der Waals surface area contributed by atoms with Gasteiger partial charge in [-0.05, 0) is 40.0 Å². The number of halogens is 1. The number of hydrogen-bond acceptors (Lipinski definition) is 4. The highest BCUT2D eigenvalue weighted by Crippen LogP contribution is 2.30. The van der Waals surface area contributed by atoms with Crippen LogP contribution in [0.2, 0.25) is 0 Å². The molecule has 0 saturated heterocycles. The van der Waals surface area contributed by atoms with Crippen LogP contribution in [0.3, 0.4) is 0 Å². The number of hydrogen-bond donors (Lipinski definition) is 1. The fourth-order valence-corrected chi connectivity index (χ4v) is 2.73. The Morgan fingerprint density at radius 3 is 2.54 bits per heavy atom. The van der Waals surface area contributed by atoms with E-state index in [9.17, 15) is 10.1 Å².